The molecule has 0 aromatic heterocycles. The van der Waals surface area contributed by atoms with Crippen molar-refractivity contribution in [3.8, 4) is 0 Å². The SMILES string of the molecule is CN1CCC(NS(=O)(=O)c2cc(CN)cc(F)c2F)CC1. The molecule has 1 saturated heterocycles. The summed E-state index contributed by atoms with van der Waals surface area (Å²) >= 11 is 0. The summed E-state index contributed by atoms with van der Waals surface area (Å²) in [7, 11) is -2.15. The predicted octanol–water partition coefficient (Wildman–Crippen LogP) is 0.796. The van der Waals surface area contributed by atoms with E-state index in [0.717, 1.165) is 25.2 Å². The largest absolute Gasteiger partial charge is 0.326 e. The van der Waals surface area contributed by atoms with Crippen molar-refractivity contribution in [2.24, 2.45) is 5.73 Å². The Labute approximate surface area is 123 Å². The van der Waals surface area contributed by atoms with Crippen molar-refractivity contribution < 1.29 is 17.2 Å². The second kappa shape index (κ2) is 6.35. The summed E-state index contributed by atoms with van der Waals surface area (Å²) in [5, 5.41) is 0. The minimum absolute atomic E-state index is 0.0616. The van der Waals surface area contributed by atoms with E-state index < -0.39 is 26.6 Å². The van der Waals surface area contributed by atoms with Gasteiger partial charge < -0.3 is 10.6 Å². The minimum Gasteiger partial charge on any atom is -0.326 e. The third-order valence-corrected chi connectivity index (χ3v) is 5.14. The fourth-order valence-electron chi connectivity index (χ4n) is 2.34. The van der Waals surface area contributed by atoms with Crippen molar-refractivity contribution in [3.63, 3.8) is 0 Å². The Bertz CT molecular complexity index is 614. The van der Waals surface area contributed by atoms with Gasteiger partial charge in [0, 0.05) is 12.6 Å². The van der Waals surface area contributed by atoms with E-state index >= 15 is 0 Å². The molecule has 0 aliphatic carbocycles. The summed E-state index contributed by atoms with van der Waals surface area (Å²) in [5.74, 6) is -2.57. The van der Waals surface area contributed by atoms with Crippen LogP contribution in [0.3, 0.4) is 0 Å². The fourth-order valence-corrected chi connectivity index (χ4v) is 3.78. The molecule has 5 nitrogen and oxygen atoms in total. The zero-order chi connectivity index (χ0) is 15.6. The van der Waals surface area contributed by atoms with E-state index in [9.17, 15) is 17.2 Å². The summed E-state index contributed by atoms with van der Waals surface area (Å²) < 4.78 is 54.2. The summed E-state index contributed by atoms with van der Waals surface area (Å²) in [6.07, 6.45) is 1.27. The normalized spacial score (nSPS) is 18.1. The van der Waals surface area contributed by atoms with Gasteiger partial charge in [-0.3, -0.25) is 0 Å². The van der Waals surface area contributed by atoms with Gasteiger partial charge in [0.05, 0.1) is 0 Å². The van der Waals surface area contributed by atoms with Gasteiger partial charge in [0.15, 0.2) is 11.6 Å². The van der Waals surface area contributed by atoms with E-state index in [2.05, 4.69) is 9.62 Å². The number of halogens is 2. The maximum Gasteiger partial charge on any atom is 0.243 e. The summed E-state index contributed by atoms with van der Waals surface area (Å²) in [6.45, 7) is 1.45. The molecule has 3 N–H and O–H groups in total. The fraction of sp³-hybridized carbons (Fsp3) is 0.538. The second-order valence-electron chi connectivity index (χ2n) is 5.29. The molecule has 0 unspecified atom stereocenters. The lowest BCUT2D eigenvalue weighted by molar-refractivity contribution is 0.248. The van der Waals surface area contributed by atoms with Gasteiger partial charge in [0.25, 0.3) is 0 Å². The van der Waals surface area contributed by atoms with E-state index in [0.29, 0.717) is 12.8 Å². The maximum absolute atomic E-state index is 13.8. The molecule has 1 aromatic carbocycles. The first-order valence-electron chi connectivity index (χ1n) is 6.72. The number of sulfonamides is 1. The number of hydrogen-bond acceptors (Lipinski definition) is 4. The molecule has 0 bridgehead atoms. The van der Waals surface area contributed by atoms with Crippen LogP contribution in [0.15, 0.2) is 17.0 Å². The van der Waals surface area contributed by atoms with Crippen LogP contribution < -0.4 is 10.5 Å². The van der Waals surface area contributed by atoms with Gasteiger partial charge in [-0.2, -0.15) is 0 Å². The number of piperidine rings is 1. The number of likely N-dealkylation sites (tertiary alicyclic amines) is 1. The first-order valence-corrected chi connectivity index (χ1v) is 8.20. The monoisotopic (exact) mass is 319 g/mol. The molecule has 0 saturated carbocycles. The zero-order valence-electron chi connectivity index (χ0n) is 11.8. The van der Waals surface area contributed by atoms with Crippen LogP contribution in [0.2, 0.25) is 0 Å². The Balaban J connectivity index is 2.25. The molecule has 1 aliphatic heterocycles. The number of rotatable bonds is 4. The first kappa shape index (κ1) is 16.3. The molecular weight excluding hydrogens is 300 g/mol. The first-order chi connectivity index (χ1) is 9.83. The van der Waals surface area contributed by atoms with Crippen LogP contribution in [0.1, 0.15) is 18.4 Å². The Morgan fingerprint density at radius 1 is 1.33 bits per heavy atom. The Morgan fingerprint density at radius 2 is 1.95 bits per heavy atom. The highest BCUT2D eigenvalue weighted by atomic mass is 32.2. The van der Waals surface area contributed by atoms with Gasteiger partial charge in [-0.15, -0.1) is 0 Å². The quantitative estimate of drug-likeness (QED) is 0.861. The van der Waals surface area contributed by atoms with Crippen molar-refractivity contribution >= 4 is 10.0 Å². The third-order valence-electron chi connectivity index (χ3n) is 3.62. The lowest BCUT2D eigenvalue weighted by atomic mass is 10.1. The van der Waals surface area contributed by atoms with E-state index in [1.54, 1.807) is 0 Å². The predicted molar refractivity (Wildman–Crippen MR) is 75.1 cm³/mol. The molecule has 1 aromatic rings. The summed E-state index contributed by atoms with van der Waals surface area (Å²) in [6, 6.07) is 1.72. The molecule has 0 radical (unpaired) electrons. The highest BCUT2D eigenvalue weighted by Crippen LogP contribution is 2.21. The molecule has 0 atom stereocenters. The molecule has 1 aliphatic rings. The molecule has 1 heterocycles. The van der Waals surface area contributed by atoms with Crippen LogP contribution in [0.25, 0.3) is 0 Å². The molecule has 118 valence electrons. The molecule has 8 heteroatoms. The lowest BCUT2D eigenvalue weighted by Gasteiger charge is -2.29. The van der Waals surface area contributed by atoms with Crippen LogP contribution in [-0.2, 0) is 16.6 Å². The van der Waals surface area contributed by atoms with Gasteiger partial charge in [-0.05, 0) is 50.7 Å². The zero-order valence-corrected chi connectivity index (χ0v) is 12.6. The molecule has 21 heavy (non-hydrogen) atoms. The minimum atomic E-state index is -4.10. The van der Waals surface area contributed by atoms with E-state index in [4.69, 9.17) is 5.73 Å². The van der Waals surface area contributed by atoms with Gasteiger partial charge in [-0.25, -0.2) is 21.9 Å². The lowest BCUT2D eigenvalue weighted by Crippen LogP contribution is -2.43. The molecule has 0 amide bonds. The van der Waals surface area contributed by atoms with Gasteiger partial charge in [0.1, 0.15) is 4.90 Å². The van der Waals surface area contributed by atoms with E-state index in [-0.39, 0.29) is 18.2 Å². The standard InChI is InChI=1S/C13H19F2N3O2S/c1-18-4-2-10(3-5-18)17-21(19,20)12-7-9(8-16)6-11(14)13(12)15/h6-7,10,17H,2-5,8,16H2,1H3. The third kappa shape index (κ3) is 3.76. The molecule has 1 fully saturated rings. The number of hydrogen-bond donors (Lipinski definition) is 2. The average molecular weight is 319 g/mol. The average Bonchev–Trinajstić information content (AvgIpc) is 2.43. The van der Waals surface area contributed by atoms with Crippen molar-refractivity contribution in [2.45, 2.75) is 30.3 Å². The van der Waals surface area contributed by atoms with E-state index in [1.807, 2.05) is 7.05 Å². The van der Waals surface area contributed by atoms with Crippen LogP contribution in [0.5, 0.6) is 0 Å². The van der Waals surface area contributed by atoms with Gasteiger partial charge in [-0.1, -0.05) is 0 Å². The van der Waals surface area contributed by atoms with Crippen LogP contribution in [0.4, 0.5) is 8.78 Å². The topological polar surface area (TPSA) is 75.4 Å². The van der Waals surface area contributed by atoms with Crippen molar-refractivity contribution in [3.05, 3.63) is 29.3 Å². The van der Waals surface area contributed by atoms with Gasteiger partial charge >= 0.3 is 0 Å². The molecule has 2 rings (SSSR count). The Kier molecular flexibility index (Phi) is 4.92. The molecule has 0 spiro atoms. The number of nitrogens with zero attached hydrogens (tertiary/aromatic N) is 1. The van der Waals surface area contributed by atoms with Crippen LogP contribution in [0, 0.1) is 11.6 Å². The summed E-state index contributed by atoms with van der Waals surface area (Å²) in [5.41, 5.74) is 5.60. The Morgan fingerprint density at radius 3 is 2.52 bits per heavy atom. The molecular formula is C13H19F2N3O2S. The van der Waals surface area contributed by atoms with Crippen molar-refractivity contribution in [1.82, 2.24) is 9.62 Å². The van der Waals surface area contributed by atoms with Crippen molar-refractivity contribution in [1.29, 1.82) is 0 Å². The van der Waals surface area contributed by atoms with Gasteiger partial charge in [0.2, 0.25) is 10.0 Å². The highest BCUT2D eigenvalue weighted by Gasteiger charge is 2.27. The Hall–Kier alpha value is -1.09. The van der Waals surface area contributed by atoms with Crippen LogP contribution in [-0.4, -0.2) is 39.5 Å². The smallest absolute Gasteiger partial charge is 0.243 e. The number of nitrogens with two attached hydrogens (primary N) is 1. The van der Waals surface area contributed by atoms with Crippen molar-refractivity contribution in [2.75, 3.05) is 20.1 Å². The highest BCUT2D eigenvalue weighted by molar-refractivity contribution is 7.89. The number of nitrogens with one attached hydrogen (secondary N) is 1. The van der Waals surface area contributed by atoms with E-state index in [1.165, 1.54) is 0 Å². The second-order valence-corrected chi connectivity index (χ2v) is 6.98. The number of benzene rings is 1. The maximum atomic E-state index is 13.8. The van der Waals surface area contributed by atoms with Crippen LogP contribution >= 0.6 is 0 Å². The summed E-state index contributed by atoms with van der Waals surface area (Å²) in [4.78, 5) is 1.40.